The number of aromatic nitrogens is 1. The van der Waals surface area contributed by atoms with E-state index < -0.39 is 26.9 Å². The Bertz CT molecular complexity index is 1380. The molecule has 8 nitrogen and oxygen atoms in total. The fourth-order valence-corrected chi connectivity index (χ4v) is 6.75. The number of thiazole rings is 1. The van der Waals surface area contributed by atoms with Crippen molar-refractivity contribution >= 4 is 43.4 Å². The van der Waals surface area contributed by atoms with Gasteiger partial charge in [0.05, 0.1) is 22.2 Å². The predicted molar refractivity (Wildman–Crippen MR) is 128 cm³/mol. The Balaban J connectivity index is 1.35. The van der Waals surface area contributed by atoms with E-state index in [-0.39, 0.29) is 10.2 Å². The van der Waals surface area contributed by atoms with Crippen LogP contribution in [0.2, 0.25) is 0 Å². The molecule has 1 aliphatic carbocycles. The lowest BCUT2D eigenvalue weighted by Gasteiger charge is -2.50. The molecule has 2 aromatic carbocycles. The Kier molecular flexibility index (Phi) is 5.40. The molecule has 1 aromatic heterocycles. The maximum absolute atomic E-state index is 13.4. The van der Waals surface area contributed by atoms with Gasteiger partial charge in [0, 0.05) is 6.54 Å². The minimum Gasteiger partial charge on any atom is -0.494 e. The Morgan fingerprint density at radius 1 is 1.15 bits per heavy atom. The van der Waals surface area contributed by atoms with E-state index in [1.165, 1.54) is 4.90 Å². The summed E-state index contributed by atoms with van der Waals surface area (Å²) >= 11 is 0.967. The highest BCUT2D eigenvalue weighted by atomic mass is 32.2. The van der Waals surface area contributed by atoms with Gasteiger partial charge in [0.15, 0.2) is 0 Å². The van der Waals surface area contributed by atoms with Gasteiger partial charge < -0.3 is 9.64 Å². The lowest BCUT2D eigenvalue weighted by Crippen LogP contribution is -2.69. The number of hydrogen-bond donors (Lipinski definition) is 1. The van der Waals surface area contributed by atoms with E-state index in [0.29, 0.717) is 35.5 Å². The summed E-state index contributed by atoms with van der Waals surface area (Å²) in [5.74, 6) is -0.219. The zero-order valence-electron chi connectivity index (χ0n) is 18.9. The second-order valence-electron chi connectivity index (χ2n) is 8.91. The quantitative estimate of drug-likeness (QED) is 0.535. The second-order valence-corrected chi connectivity index (χ2v) is 11.8. The van der Waals surface area contributed by atoms with Gasteiger partial charge in [0.2, 0.25) is 10.2 Å². The Morgan fingerprint density at radius 2 is 1.88 bits per heavy atom. The van der Waals surface area contributed by atoms with Gasteiger partial charge in [-0.1, -0.05) is 30.3 Å². The van der Waals surface area contributed by atoms with Gasteiger partial charge in [-0.25, -0.2) is 9.71 Å². The normalized spacial score (nSPS) is 21.1. The highest BCUT2D eigenvalue weighted by Gasteiger charge is 2.60. The molecule has 178 valence electrons. The number of fused-ring (bicyclic) bond motifs is 1. The minimum atomic E-state index is -4.20. The Labute approximate surface area is 202 Å². The standard InChI is InChI=1S/C24H25N3O5S2/c1-3-32-17-9-10-18-19(15-17)33-22(25-18)34(30,31)26-20(28)23(2)13-14-27(23)21(29)24(11-12-24)16-7-5-4-6-8-16/h4-10,15H,3,11-14H2,1-2H3,(H,26,28). The van der Waals surface area contributed by atoms with E-state index >= 15 is 0 Å². The van der Waals surface area contributed by atoms with Crippen LogP contribution < -0.4 is 9.46 Å². The largest absolute Gasteiger partial charge is 0.494 e. The first-order valence-electron chi connectivity index (χ1n) is 11.2. The number of carbonyl (C=O) groups excluding carboxylic acids is 2. The fourth-order valence-electron chi connectivity index (χ4n) is 4.42. The van der Waals surface area contributed by atoms with Gasteiger partial charge in [-0.2, -0.15) is 8.42 Å². The van der Waals surface area contributed by atoms with Crippen LogP contribution in [0.1, 0.15) is 38.7 Å². The van der Waals surface area contributed by atoms with E-state index in [0.717, 1.165) is 29.7 Å². The highest BCUT2D eigenvalue weighted by molar-refractivity contribution is 7.92. The van der Waals surface area contributed by atoms with Gasteiger partial charge >= 0.3 is 0 Å². The average molecular weight is 500 g/mol. The Hall–Kier alpha value is -2.98. The van der Waals surface area contributed by atoms with Crippen LogP contribution in [0.25, 0.3) is 10.2 Å². The molecule has 1 unspecified atom stereocenters. The number of nitrogens with zero attached hydrogens (tertiary/aromatic N) is 2. The molecule has 1 N–H and O–H groups in total. The van der Waals surface area contributed by atoms with Gasteiger partial charge in [-0.05, 0) is 56.9 Å². The maximum Gasteiger partial charge on any atom is 0.291 e. The first-order chi connectivity index (χ1) is 16.2. The van der Waals surface area contributed by atoms with E-state index in [1.807, 2.05) is 37.3 Å². The summed E-state index contributed by atoms with van der Waals surface area (Å²) in [5, 5.41) is 0. The molecule has 1 atom stereocenters. The monoisotopic (exact) mass is 499 g/mol. The van der Waals surface area contributed by atoms with Gasteiger partial charge in [-0.15, -0.1) is 11.3 Å². The smallest absolute Gasteiger partial charge is 0.291 e. The molecule has 2 amide bonds. The van der Waals surface area contributed by atoms with Crippen molar-refractivity contribution in [2.75, 3.05) is 13.2 Å². The third-order valence-corrected chi connectivity index (χ3v) is 9.47. The van der Waals surface area contributed by atoms with E-state index in [9.17, 15) is 18.0 Å². The summed E-state index contributed by atoms with van der Waals surface area (Å²) in [5.41, 5.74) is -0.407. The van der Waals surface area contributed by atoms with Crippen molar-refractivity contribution < 1.29 is 22.7 Å². The third-order valence-electron chi connectivity index (χ3n) is 6.75. The molecular weight excluding hydrogens is 474 g/mol. The van der Waals surface area contributed by atoms with Crippen molar-refractivity contribution in [3.63, 3.8) is 0 Å². The number of amides is 2. The number of ether oxygens (including phenoxy) is 1. The van der Waals surface area contributed by atoms with Crippen LogP contribution in [-0.4, -0.2) is 48.8 Å². The van der Waals surface area contributed by atoms with Crippen LogP contribution in [0.4, 0.5) is 0 Å². The summed E-state index contributed by atoms with van der Waals surface area (Å²) in [6, 6.07) is 14.7. The molecule has 1 aliphatic heterocycles. The van der Waals surface area contributed by atoms with Crippen molar-refractivity contribution in [2.24, 2.45) is 0 Å². The summed E-state index contributed by atoms with van der Waals surface area (Å²) < 4.78 is 34.1. The van der Waals surface area contributed by atoms with E-state index in [4.69, 9.17) is 4.74 Å². The van der Waals surface area contributed by atoms with Crippen LogP contribution in [0, 0.1) is 0 Å². The zero-order valence-corrected chi connectivity index (χ0v) is 20.5. The molecule has 3 aromatic rings. The molecule has 5 rings (SSSR count). The summed E-state index contributed by atoms with van der Waals surface area (Å²) in [4.78, 5) is 32.3. The Morgan fingerprint density at radius 3 is 2.50 bits per heavy atom. The molecule has 2 heterocycles. The average Bonchev–Trinajstić information content (AvgIpc) is 3.51. The maximum atomic E-state index is 13.4. The van der Waals surface area contributed by atoms with E-state index in [1.54, 1.807) is 25.1 Å². The second kappa shape index (κ2) is 8.06. The summed E-state index contributed by atoms with van der Waals surface area (Å²) in [7, 11) is -4.20. The van der Waals surface area contributed by atoms with Crippen molar-refractivity contribution in [3.8, 4) is 5.75 Å². The number of nitrogens with one attached hydrogen (secondary N) is 1. The molecule has 1 saturated heterocycles. The number of likely N-dealkylation sites (tertiary alicyclic amines) is 1. The van der Waals surface area contributed by atoms with Crippen LogP contribution in [0.15, 0.2) is 52.9 Å². The number of sulfonamides is 1. The fraction of sp³-hybridized carbons (Fsp3) is 0.375. The van der Waals surface area contributed by atoms with E-state index in [2.05, 4.69) is 9.71 Å². The molecule has 0 spiro atoms. The van der Waals surface area contributed by atoms with Gasteiger partial charge in [0.1, 0.15) is 11.3 Å². The predicted octanol–water partition coefficient (Wildman–Crippen LogP) is 3.22. The highest BCUT2D eigenvalue weighted by Crippen LogP contribution is 2.51. The van der Waals surface area contributed by atoms with Crippen LogP contribution >= 0.6 is 11.3 Å². The number of carbonyl (C=O) groups is 2. The summed E-state index contributed by atoms with van der Waals surface area (Å²) in [6.45, 7) is 4.39. The SMILES string of the molecule is CCOc1ccc2nc(S(=O)(=O)NC(=O)C3(C)CCN3C(=O)C3(c4ccccc4)CC3)sc2c1. The number of rotatable bonds is 7. The van der Waals surface area contributed by atoms with Crippen molar-refractivity contribution in [1.29, 1.82) is 0 Å². The zero-order chi connectivity index (χ0) is 24.1. The molecule has 1 saturated carbocycles. The lowest BCUT2D eigenvalue weighted by atomic mass is 9.82. The first-order valence-corrected chi connectivity index (χ1v) is 13.5. The number of benzene rings is 2. The molecule has 0 radical (unpaired) electrons. The van der Waals surface area contributed by atoms with Gasteiger partial charge in [-0.3, -0.25) is 9.59 Å². The van der Waals surface area contributed by atoms with Crippen LogP contribution in [0.5, 0.6) is 5.75 Å². The molecule has 0 bridgehead atoms. The lowest BCUT2D eigenvalue weighted by molar-refractivity contribution is -0.158. The first kappa shape index (κ1) is 22.8. The van der Waals surface area contributed by atoms with Gasteiger partial charge in [0.25, 0.3) is 15.9 Å². The third kappa shape index (κ3) is 3.65. The molecule has 2 fully saturated rings. The topological polar surface area (TPSA) is 106 Å². The van der Waals surface area contributed by atoms with Crippen LogP contribution in [-0.2, 0) is 25.0 Å². The number of hydrogen-bond acceptors (Lipinski definition) is 7. The minimum absolute atomic E-state index is 0.122. The van der Waals surface area contributed by atoms with Crippen molar-refractivity contribution in [2.45, 2.75) is 48.4 Å². The molecule has 34 heavy (non-hydrogen) atoms. The van der Waals surface area contributed by atoms with Crippen molar-refractivity contribution in [1.82, 2.24) is 14.6 Å². The molecule has 2 aliphatic rings. The van der Waals surface area contributed by atoms with Crippen LogP contribution in [0.3, 0.4) is 0 Å². The van der Waals surface area contributed by atoms with Crippen molar-refractivity contribution in [3.05, 3.63) is 54.1 Å². The summed E-state index contributed by atoms with van der Waals surface area (Å²) in [6.07, 6.45) is 1.83. The molecular formula is C24H25N3O5S2. The molecule has 10 heteroatoms.